The van der Waals surface area contributed by atoms with Crippen LogP contribution >= 0.6 is 11.6 Å². The lowest BCUT2D eigenvalue weighted by Crippen LogP contribution is -2.14. The highest BCUT2D eigenvalue weighted by Gasteiger charge is 2.17. The van der Waals surface area contributed by atoms with Crippen molar-refractivity contribution in [3.05, 3.63) is 52.5 Å². The quantitative estimate of drug-likeness (QED) is 0.815. The Morgan fingerprint density at radius 2 is 1.96 bits per heavy atom. The van der Waals surface area contributed by atoms with Gasteiger partial charge in [0.25, 0.3) is 10.0 Å². The molecule has 2 N–H and O–H groups in total. The van der Waals surface area contributed by atoms with Crippen LogP contribution in [0.5, 0.6) is 5.75 Å². The molecule has 2 aromatic rings. The first kappa shape index (κ1) is 18.1. The highest BCUT2D eigenvalue weighted by molar-refractivity contribution is 7.92. The van der Waals surface area contributed by atoms with E-state index >= 15 is 0 Å². The van der Waals surface area contributed by atoms with Gasteiger partial charge in [-0.25, -0.2) is 13.2 Å². The summed E-state index contributed by atoms with van der Waals surface area (Å²) in [5, 5.41) is 9.08. The molecule has 0 fully saturated rings. The van der Waals surface area contributed by atoms with Gasteiger partial charge in [-0.1, -0.05) is 17.7 Å². The van der Waals surface area contributed by atoms with Crippen molar-refractivity contribution in [3.8, 4) is 5.75 Å². The molecular weight excluding hydrogens is 354 g/mol. The molecule has 0 bridgehead atoms. The van der Waals surface area contributed by atoms with E-state index in [1.54, 1.807) is 32.0 Å². The van der Waals surface area contributed by atoms with Crippen molar-refractivity contribution in [2.45, 2.75) is 18.7 Å². The van der Waals surface area contributed by atoms with Gasteiger partial charge in [0.15, 0.2) is 6.61 Å². The predicted octanol–water partition coefficient (Wildman–Crippen LogP) is 3.22. The number of anilines is 1. The highest BCUT2D eigenvalue weighted by Crippen LogP contribution is 2.27. The minimum Gasteiger partial charge on any atom is -0.482 e. The number of hydrogen-bond acceptors (Lipinski definition) is 4. The molecule has 0 saturated carbocycles. The van der Waals surface area contributed by atoms with Crippen molar-refractivity contribution >= 4 is 33.3 Å². The Morgan fingerprint density at radius 1 is 1.25 bits per heavy atom. The number of benzene rings is 2. The number of aliphatic carboxylic acids is 1. The smallest absolute Gasteiger partial charge is 0.341 e. The van der Waals surface area contributed by atoms with Crippen LogP contribution in [-0.2, 0) is 14.8 Å². The van der Waals surface area contributed by atoms with Crippen LogP contribution in [0.1, 0.15) is 11.1 Å². The Balaban J connectivity index is 2.28. The molecule has 0 aliphatic carbocycles. The summed E-state index contributed by atoms with van der Waals surface area (Å²) in [5.41, 5.74) is 1.54. The minimum atomic E-state index is -3.80. The van der Waals surface area contributed by atoms with E-state index < -0.39 is 22.6 Å². The standard InChI is InChI=1S/C16H16ClNO5S/c1-10-8-12(6-7-15(10)23-9-16(19)20)24(21,22)18-14-5-3-4-13(17)11(14)2/h3-8,18H,9H2,1-2H3,(H,19,20). The number of aryl methyl sites for hydroxylation is 1. The second-order valence-corrected chi connectivity index (χ2v) is 7.22. The van der Waals surface area contributed by atoms with Crippen LogP contribution < -0.4 is 9.46 Å². The Hall–Kier alpha value is -2.25. The Morgan fingerprint density at radius 3 is 2.58 bits per heavy atom. The number of carboxylic acid groups (broad SMARTS) is 1. The van der Waals surface area contributed by atoms with E-state index in [-0.39, 0.29) is 4.90 Å². The molecule has 0 unspecified atom stereocenters. The van der Waals surface area contributed by atoms with Gasteiger partial charge in [0.1, 0.15) is 5.75 Å². The van der Waals surface area contributed by atoms with Crippen LogP contribution in [-0.4, -0.2) is 26.1 Å². The fourth-order valence-corrected chi connectivity index (χ4v) is 3.39. The highest BCUT2D eigenvalue weighted by atomic mass is 35.5. The average molecular weight is 370 g/mol. The van der Waals surface area contributed by atoms with E-state index in [1.165, 1.54) is 18.2 Å². The summed E-state index contributed by atoms with van der Waals surface area (Å²) in [4.78, 5) is 10.6. The van der Waals surface area contributed by atoms with Gasteiger partial charge in [-0.15, -0.1) is 0 Å². The first-order chi connectivity index (χ1) is 11.2. The first-order valence-electron chi connectivity index (χ1n) is 6.94. The van der Waals surface area contributed by atoms with Gasteiger partial charge in [0.2, 0.25) is 0 Å². The zero-order valence-corrected chi connectivity index (χ0v) is 14.6. The van der Waals surface area contributed by atoms with Crippen LogP contribution in [0, 0.1) is 13.8 Å². The van der Waals surface area contributed by atoms with E-state index in [9.17, 15) is 13.2 Å². The largest absolute Gasteiger partial charge is 0.482 e. The summed E-state index contributed by atoms with van der Waals surface area (Å²) >= 11 is 6.00. The maximum Gasteiger partial charge on any atom is 0.341 e. The molecule has 0 saturated heterocycles. The number of rotatable bonds is 6. The monoisotopic (exact) mass is 369 g/mol. The number of nitrogens with one attached hydrogen (secondary N) is 1. The summed E-state index contributed by atoms with van der Waals surface area (Å²) in [7, 11) is -3.80. The third-order valence-corrected chi connectivity index (χ3v) is 5.09. The van der Waals surface area contributed by atoms with Crippen molar-refractivity contribution in [2.75, 3.05) is 11.3 Å². The maximum absolute atomic E-state index is 12.5. The number of carboxylic acids is 1. The van der Waals surface area contributed by atoms with Gasteiger partial charge in [-0.05, 0) is 55.3 Å². The van der Waals surface area contributed by atoms with Crippen LogP contribution in [0.4, 0.5) is 5.69 Å². The normalized spacial score (nSPS) is 11.1. The second-order valence-electron chi connectivity index (χ2n) is 5.13. The number of sulfonamides is 1. The van der Waals surface area contributed by atoms with E-state index in [0.29, 0.717) is 27.6 Å². The van der Waals surface area contributed by atoms with E-state index in [0.717, 1.165) is 0 Å². The van der Waals surface area contributed by atoms with Gasteiger partial charge >= 0.3 is 5.97 Å². The lowest BCUT2D eigenvalue weighted by molar-refractivity contribution is -0.139. The third-order valence-electron chi connectivity index (χ3n) is 3.32. The minimum absolute atomic E-state index is 0.0436. The Kier molecular flexibility index (Phi) is 5.36. The molecule has 0 aliphatic rings. The molecule has 6 nitrogen and oxygen atoms in total. The molecule has 128 valence electrons. The zero-order chi connectivity index (χ0) is 17.9. The summed E-state index contributed by atoms with van der Waals surface area (Å²) in [6.07, 6.45) is 0. The molecule has 0 atom stereocenters. The number of hydrogen-bond donors (Lipinski definition) is 2. The molecule has 0 aliphatic heterocycles. The van der Waals surface area contributed by atoms with Crippen molar-refractivity contribution in [2.24, 2.45) is 0 Å². The predicted molar refractivity (Wildman–Crippen MR) is 91.3 cm³/mol. The average Bonchev–Trinajstić information content (AvgIpc) is 2.50. The first-order valence-corrected chi connectivity index (χ1v) is 8.80. The molecule has 0 amide bonds. The van der Waals surface area contributed by atoms with Crippen LogP contribution in [0.3, 0.4) is 0 Å². The summed E-state index contributed by atoms with van der Waals surface area (Å²) < 4.78 is 32.6. The SMILES string of the molecule is Cc1cc(S(=O)(=O)Nc2cccc(Cl)c2C)ccc1OCC(=O)O. The molecule has 2 rings (SSSR count). The van der Waals surface area contributed by atoms with Gasteiger partial charge in [0.05, 0.1) is 10.6 Å². The Bertz CT molecular complexity index is 880. The lowest BCUT2D eigenvalue weighted by atomic mass is 10.2. The van der Waals surface area contributed by atoms with Gasteiger partial charge in [-0.2, -0.15) is 0 Å². The number of halogens is 1. The third kappa shape index (κ3) is 4.18. The summed E-state index contributed by atoms with van der Waals surface area (Å²) in [5.74, 6) is -0.792. The number of ether oxygens (including phenoxy) is 1. The van der Waals surface area contributed by atoms with E-state index in [4.69, 9.17) is 21.4 Å². The van der Waals surface area contributed by atoms with Crippen molar-refractivity contribution in [1.82, 2.24) is 0 Å². The lowest BCUT2D eigenvalue weighted by Gasteiger charge is -2.13. The topological polar surface area (TPSA) is 92.7 Å². The fourth-order valence-electron chi connectivity index (χ4n) is 2.01. The van der Waals surface area contributed by atoms with Gasteiger partial charge in [0, 0.05) is 5.02 Å². The van der Waals surface area contributed by atoms with Crippen LogP contribution in [0.25, 0.3) is 0 Å². The van der Waals surface area contributed by atoms with Crippen molar-refractivity contribution < 1.29 is 23.1 Å². The Labute approximate surface area is 145 Å². The van der Waals surface area contributed by atoms with Gasteiger partial charge < -0.3 is 9.84 Å². The molecule has 2 aromatic carbocycles. The fraction of sp³-hybridized carbons (Fsp3) is 0.188. The van der Waals surface area contributed by atoms with Crippen LogP contribution in [0.15, 0.2) is 41.3 Å². The molecule has 24 heavy (non-hydrogen) atoms. The van der Waals surface area contributed by atoms with Crippen molar-refractivity contribution in [1.29, 1.82) is 0 Å². The molecular formula is C16H16ClNO5S. The van der Waals surface area contributed by atoms with Gasteiger partial charge in [-0.3, -0.25) is 4.72 Å². The van der Waals surface area contributed by atoms with Crippen molar-refractivity contribution in [3.63, 3.8) is 0 Å². The summed E-state index contributed by atoms with van der Waals surface area (Å²) in [6.45, 7) is 2.86. The van der Waals surface area contributed by atoms with Crippen LogP contribution in [0.2, 0.25) is 5.02 Å². The maximum atomic E-state index is 12.5. The molecule has 0 aromatic heterocycles. The van der Waals surface area contributed by atoms with E-state index in [1.807, 2.05) is 0 Å². The molecule has 0 radical (unpaired) electrons. The molecule has 0 spiro atoms. The van der Waals surface area contributed by atoms with E-state index in [2.05, 4.69) is 4.72 Å². The molecule has 8 heteroatoms. The second kappa shape index (κ2) is 7.11. The molecule has 0 heterocycles. The zero-order valence-electron chi connectivity index (χ0n) is 13.0. The summed E-state index contributed by atoms with van der Waals surface area (Å²) in [6, 6.07) is 9.15. The number of carbonyl (C=O) groups is 1.